The summed E-state index contributed by atoms with van der Waals surface area (Å²) in [5, 5.41) is 10.6. The molecular weight excluding hydrogens is 1160 g/mol. The molecule has 88 heavy (non-hydrogen) atoms. The number of hydrogen-bond donors (Lipinski definition) is 3. The molecule has 0 aliphatic heterocycles. The second-order valence-corrected chi connectivity index (χ2v) is 28.6. The van der Waals surface area contributed by atoms with Gasteiger partial charge in [-0.25, -0.2) is 9.13 Å². The molecular formula is C69H130O17P2. The molecule has 0 saturated carbocycles. The van der Waals surface area contributed by atoms with E-state index < -0.39 is 97.5 Å². The lowest BCUT2D eigenvalue weighted by atomic mass is 10.0. The minimum atomic E-state index is -4.96. The quantitative estimate of drug-likeness (QED) is 0.0169. The molecule has 0 saturated heterocycles. The summed E-state index contributed by atoms with van der Waals surface area (Å²) in [4.78, 5) is 72.4. The Hall–Kier alpha value is -2.46. The maximum Gasteiger partial charge on any atom is 0.472 e. The van der Waals surface area contributed by atoms with E-state index in [4.69, 9.17) is 37.0 Å². The first-order valence-electron chi connectivity index (χ1n) is 35.2. The van der Waals surface area contributed by atoms with Crippen LogP contribution in [0.1, 0.15) is 318 Å². The minimum Gasteiger partial charge on any atom is -0.462 e. The van der Waals surface area contributed by atoms with Gasteiger partial charge in [0.25, 0.3) is 0 Å². The fourth-order valence-corrected chi connectivity index (χ4v) is 11.4. The summed E-state index contributed by atoms with van der Waals surface area (Å²) in [6, 6.07) is 0. The van der Waals surface area contributed by atoms with Crippen molar-refractivity contribution in [2.24, 2.45) is 17.8 Å². The van der Waals surface area contributed by atoms with Crippen LogP contribution >= 0.6 is 15.6 Å². The molecule has 17 nitrogen and oxygen atoms in total. The molecule has 3 N–H and O–H groups in total. The third kappa shape index (κ3) is 62.4. The van der Waals surface area contributed by atoms with Gasteiger partial charge in [0.2, 0.25) is 0 Å². The number of carbonyl (C=O) groups excluding carboxylic acids is 4. The third-order valence-electron chi connectivity index (χ3n) is 15.3. The number of rotatable bonds is 65. The molecule has 0 aromatic carbocycles. The van der Waals surface area contributed by atoms with Crippen molar-refractivity contribution in [3.8, 4) is 0 Å². The van der Waals surface area contributed by atoms with Gasteiger partial charge in [-0.05, 0) is 69.1 Å². The zero-order chi connectivity index (χ0) is 65.2. The van der Waals surface area contributed by atoms with Crippen molar-refractivity contribution in [1.82, 2.24) is 0 Å². The molecule has 0 spiro atoms. The SMILES string of the molecule is CCCCCC/C=C\C=C/CCCCCCCC(=O)OC[C@H](COP(=O)(O)OCC(O)COP(=O)(O)OC[C@@H](COC(=O)CCCCCCCCCCC(C)C)OC(=O)CCCCCCCCCCCC(C)C)OC(=O)CCCCCCCCCC(C)C. The number of ether oxygens (including phenoxy) is 4. The number of phosphoric acid groups is 2. The van der Waals surface area contributed by atoms with Crippen molar-refractivity contribution >= 4 is 39.5 Å². The second-order valence-electron chi connectivity index (χ2n) is 25.7. The van der Waals surface area contributed by atoms with Gasteiger partial charge in [0.1, 0.15) is 19.3 Å². The van der Waals surface area contributed by atoms with Crippen molar-refractivity contribution in [2.75, 3.05) is 39.6 Å². The van der Waals surface area contributed by atoms with Crippen molar-refractivity contribution in [2.45, 2.75) is 336 Å². The van der Waals surface area contributed by atoms with Crippen molar-refractivity contribution < 1.29 is 80.2 Å². The van der Waals surface area contributed by atoms with E-state index in [1.807, 2.05) is 0 Å². The van der Waals surface area contributed by atoms with E-state index in [9.17, 15) is 43.2 Å². The van der Waals surface area contributed by atoms with E-state index in [0.29, 0.717) is 31.6 Å². The molecule has 0 radical (unpaired) electrons. The summed E-state index contributed by atoms with van der Waals surface area (Å²) < 4.78 is 68.1. The molecule has 0 aliphatic carbocycles. The topological polar surface area (TPSA) is 237 Å². The predicted molar refractivity (Wildman–Crippen MR) is 354 cm³/mol. The molecule has 0 fully saturated rings. The van der Waals surface area contributed by atoms with Gasteiger partial charge in [-0.2, -0.15) is 0 Å². The normalized spacial score (nSPS) is 14.4. The van der Waals surface area contributed by atoms with Gasteiger partial charge in [0.05, 0.1) is 26.4 Å². The highest BCUT2D eigenvalue weighted by molar-refractivity contribution is 7.47. The summed E-state index contributed by atoms with van der Waals surface area (Å²) in [6.07, 6.45) is 45.4. The van der Waals surface area contributed by atoms with E-state index in [2.05, 4.69) is 72.8 Å². The van der Waals surface area contributed by atoms with Crippen LogP contribution in [0.2, 0.25) is 0 Å². The predicted octanol–water partition coefficient (Wildman–Crippen LogP) is 19.0. The number of esters is 4. The summed E-state index contributed by atoms with van der Waals surface area (Å²) in [6.45, 7) is 11.6. The standard InChI is InChI=1S/C69H130O17P2/c1-8-9-10-11-12-13-14-15-16-17-18-21-29-36-43-50-66(71)79-57-65(86-69(74)53-46-39-32-25-28-35-42-49-62(6)7)59-84-88(77,78)82-55-63(70)54-81-87(75,76)83-58-64(56-80-67(72)51-44-37-30-24-23-27-34-41-48-61(4)5)85-68(73)52-45-38-31-22-19-20-26-33-40-47-60(2)3/h13-16,60-65,70H,8-12,17-59H2,1-7H3,(H,75,76)(H,77,78)/b14-13-,16-15-/t63?,64-,65-/m1/s1. The second kappa shape index (κ2) is 59.5. The number of aliphatic hydroxyl groups excluding tert-OH is 1. The van der Waals surface area contributed by atoms with E-state index in [1.165, 1.54) is 109 Å². The zero-order valence-corrected chi connectivity index (χ0v) is 58.5. The smallest absolute Gasteiger partial charge is 0.462 e. The van der Waals surface area contributed by atoms with Gasteiger partial charge >= 0.3 is 39.5 Å². The molecule has 0 amide bonds. The molecule has 3 unspecified atom stereocenters. The van der Waals surface area contributed by atoms with E-state index in [1.54, 1.807) is 0 Å². The number of unbranched alkanes of at least 4 members (excludes halogenated alkanes) is 30. The van der Waals surface area contributed by atoms with Crippen LogP contribution in [0.15, 0.2) is 24.3 Å². The van der Waals surface area contributed by atoms with Gasteiger partial charge in [-0.15, -0.1) is 0 Å². The van der Waals surface area contributed by atoms with Gasteiger partial charge in [0.15, 0.2) is 12.2 Å². The maximum atomic E-state index is 13.0. The fourth-order valence-electron chi connectivity index (χ4n) is 9.82. The summed E-state index contributed by atoms with van der Waals surface area (Å²) in [5.74, 6) is -0.0101. The largest absolute Gasteiger partial charge is 0.472 e. The number of hydrogen-bond acceptors (Lipinski definition) is 15. The number of allylic oxidation sites excluding steroid dienone is 4. The summed E-state index contributed by atoms with van der Waals surface area (Å²) in [5.41, 5.74) is 0. The van der Waals surface area contributed by atoms with E-state index in [-0.39, 0.29) is 25.7 Å². The number of phosphoric ester groups is 2. The lowest BCUT2D eigenvalue weighted by Crippen LogP contribution is -2.30. The first-order valence-corrected chi connectivity index (χ1v) is 38.2. The monoisotopic (exact) mass is 1290 g/mol. The Kier molecular flexibility index (Phi) is 57.9. The Morgan fingerprint density at radius 3 is 0.920 bits per heavy atom. The Morgan fingerprint density at radius 2 is 0.614 bits per heavy atom. The third-order valence-corrected chi connectivity index (χ3v) is 17.2. The first kappa shape index (κ1) is 85.5. The van der Waals surface area contributed by atoms with Gasteiger partial charge in [-0.1, -0.05) is 265 Å². The molecule has 5 atom stereocenters. The molecule has 0 aromatic heterocycles. The van der Waals surface area contributed by atoms with Gasteiger partial charge in [-0.3, -0.25) is 37.3 Å². The molecule has 0 rings (SSSR count). The Morgan fingerprint density at radius 1 is 0.352 bits per heavy atom. The molecule has 0 heterocycles. The first-order chi connectivity index (χ1) is 42.2. The average Bonchev–Trinajstić information content (AvgIpc) is 3.55. The highest BCUT2D eigenvalue weighted by Gasteiger charge is 2.30. The van der Waals surface area contributed by atoms with E-state index in [0.717, 1.165) is 121 Å². The van der Waals surface area contributed by atoms with Crippen molar-refractivity contribution in [3.05, 3.63) is 24.3 Å². The Bertz CT molecular complexity index is 1830. The van der Waals surface area contributed by atoms with Crippen LogP contribution in [0.5, 0.6) is 0 Å². The lowest BCUT2D eigenvalue weighted by molar-refractivity contribution is -0.161. The fraction of sp³-hybridized carbons (Fsp3) is 0.884. The average molecular weight is 1290 g/mol. The number of aliphatic hydroxyl groups is 1. The van der Waals surface area contributed by atoms with Crippen molar-refractivity contribution in [3.63, 3.8) is 0 Å². The number of carbonyl (C=O) groups is 4. The van der Waals surface area contributed by atoms with Gasteiger partial charge < -0.3 is 33.8 Å². The van der Waals surface area contributed by atoms with E-state index >= 15 is 0 Å². The van der Waals surface area contributed by atoms with Crippen LogP contribution < -0.4 is 0 Å². The minimum absolute atomic E-state index is 0.0961. The maximum absolute atomic E-state index is 13.0. The summed E-state index contributed by atoms with van der Waals surface area (Å²) >= 11 is 0. The van der Waals surface area contributed by atoms with Crippen molar-refractivity contribution in [1.29, 1.82) is 0 Å². The molecule has 518 valence electrons. The molecule has 0 bridgehead atoms. The van der Waals surface area contributed by atoms with Crippen LogP contribution in [-0.2, 0) is 65.4 Å². The molecule has 0 aromatic rings. The Labute approximate surface area is 535 Å². The van der Waals surface area contributed by atoms with Crippen LogP contribution in [0.25, 0.3) is 0 Å². The van der Waals surface area contributed by atoms with Crippen LogP contribution in [0.4, 0.5) is 0 Å². The van der Waals surface area contributed by atoms with Crippen LogP contribution in [-0.4, -0.2) is 96.7 Å². The Balaban J connectivity index is 5.27. The molecule has 0 aliphatic rings. The lowest BCUT2D eigenvalue weighted by Gasteiger charge is -2.21. The highest BCUT2D eigenvalue weighted by atomic mass is 31.2. The highest BCUT2D eigenvalue weighted by Crippen LogP contribution is 2.45. The van der Waals surface area contributed by atoms with Crippen LogP contribution in [0.3, 0.4) is 0 Å². The summed E-state index contributed by atoms with van der Waals surface area (Å²) in [7, 11) is -9.91. The van der Waals surface area contributed by atoms with Crippen LogP contribution in [0, 0.1) is 17.8 Å². The zero-order valence-electron chi connectivity index (χ0n) is 56.7. The molecule has 19 heteroatoms. The van der Waals surface area contributed by atoms with Gasteiger partial charge in [0, 0.05) is 25.7 Å².